The van der Waals surface area contributed by atoms with Crippen molar-refractivity contribution in [2.24, 2.45) is 0 Å². The molecular formula is C6H4BrClF2N2. The van der Waals surface area contributed by atoms with Crippen molar-refractivity contribution in [1.29, 1.82) is 0 Å². The second kappa shape index (κ2) is 3.53. The molecule has 66 valence electrons. The highest BCUT2D eigenvalue weighted by molar-refractivity contribution is 9.10. The molecule has 0 radical (unpaired) electrons. The average Bonchev–Trinajstić information content (AvgIpc) is 1.82. The van der Waals surface area contributed by atoms with Gasteiger partial charge in [-0.15, -0.1) is 0 Å². The van der Waals surface area contributed by atoms with Gasteiger partial charge in [-0.05, 0) is 6.07 Å². The van der Waals surface area contributed by atoms with Crippen LogP contribution in [0.2, 0.25) is 5.15 Å². The quantitative estimate of drug-likeness (QED) is 0.786. The van der Waals surface area contributed by atoms with E-state index >= 15 is 0 Å². The highest BCUT2D eigenvalue weighted by Crippen LogP contribution is 2.33. The Labute approximate surface area is 80.9 Å². The summed E-state index contributed by atoms with van der Waals surface area (Å²) in [6.07, 6.45) is -2.65. The van der Waals surface area contributed by atoms with Gasteiger partial charge in [0, 0.05) is 4.47 Å². The van der Waals surface area contributed by atoms with E-state index in [1.807, 2.05) is 0 Å². The summed E-state index contributed by atoms with van der Waals surface area (Å²) >= 11 is 8.34. The third-order valence-corrected chi connectivity index (χ3v) is 2.14. The van der Waals surface area contributed by atoms with E-state index in [0.717, 1.165) is 0 Å². The molecule has 0 saturated carbocycles. The first kappa shape index (κ1) is 9.67. The largest absolute Gasteiger partial charge is 0.384 e. The Morgan fingerprint density at radius 2 is 2.17 bits per heavy atom. The number of aromatic nitrogens is 1. The van der Waals surface area contributed by atoms with E-state index in [2.05, 4.69) is 20.9 Å². The minimum atomic E-state index is -2.65. The standard InChI is InChI=1S/C6H4BrClF2N2/c7-2-1-3(11)12-5(8)4(2)6(9)10/h1,6H,(H2,11,12). The molecule has 6 heteroatoms. The van der Waals surface area contributed by atoms with Gasteiger partial charge in [0.25, 0.3) is 6.43 Å². The summed E-state index contributed by atoms with van der Waals surface area (Å²) in [6.45, 7) is 0. The average molecular weight is 257 g/mol. The molecule has 2 nitrogen and oxygen atoms in total. The van der Waals surface area contributed by atoms with Crippen molar-refractivity contribution in [3.8, 4) is 0 Å². The fourth-order valence-electron chi connectivity index (χ4n) is 0.706. The van der Waals surface area contributed by atoms with Crippen LogP contribution in [0.25, 0.3) is 0 Å². The van der Waals surface area contributed by atoms with Gasteiger partial charge in [0.05, 0.1) is 5.56 Å². The zero-order valence-corrected chi connectivity index (χ0v) is 8.03. The predicted molar refractivity (Wildman–Crippen MR) is 46.3 cm³/mol. The number of pyridine rings is 1. The number of nitrogens with zero attached hydrogens (tertiary/aromatic N) is 1. The van der Waals surface area contributed by atoms with E-state index in [1.165, 1.54) is 6.07 Å². The summed E-state index contributed by atoms with van der Waals surface area (Å²) in [6, 6.07) is 1.29. The lowest BCUT2D eigenvalue weighted by molar-refractivity contribution is 0.150. The van der Waals surface area contributed by atoms with Crippen molar-refractivity contribution in [2.45, 2.75) is 6.43 Å². The van der Waals surface area contributed by atoms with Crippen LogP contribution in [0.5, 0.6) is 0 Å². The second-order valence-electron chi connectivity index (χ2n) is 2.03. The molecule has 12 heavy (non-hydrogen) atoms. The lowest BCUT2D eigenvalue weighted by Crippen LogP contribution is -1.96. The van der Waals surface area contributed by atoms with Crippen molar-refractivity contribution in [2.75, 3.05) is 5.73 Å². The summed E-state index contributed by atoms with van der Waals surface area (Å²) in [4.78, 5) is 3.49. The summed E-state index contributed by atoms with van der Waals surface area (Å²) in [7, 11) is 0. The molecule has 0 aliphatic carbocycles. The third-order valence-electron chi connectivity index (χ3n) is 1.20. The first-order valence-corrected chi connectivity index (χ1v) is 4.09. The van der Waals surface area contributed by atoms with Gasteiger partial charge in [-0.25, -0.2) is 13.8 Å². The summed E-state index contributed by atoms with van der Waals surface area (Å²) in [5.41, 5.74) is 4.93. The molecule has 2 N–H and O–H groups in total. The number of nitrogen functional groups attached to an aromatic ring is 1. The maximum Gasteiger partial charge on any atom is 0.267 e. The predicted octanol–water partition coefficient (Wildman–Crippen LogP) is 3.02. The van der Waals surface area contributed by atoms with Crippen molar-refractivity contribution in [1.82, 2.24) is 4.98 Å². The molecule has 0 amide bonds. The van der Waals surface area contributed by atoms with Crippen LogP contribution in [0.3, 0.4) is 0 Å². The highest BCUT2D eigenvalue weighted by atomic mass is 79.9. The molecule has 0 saturated heterocycles. The molecule has 0 aliphatic heterocycles. The zero-order chi connectivity index (χ0) is 9.30. The number of alkyl halides is 2. The topological polar surface area (TPSA) is 38.9 Å². The van der Waals surface area contributed by atoms with E-state index in [1.54, 1.807) is 0 Å². The first-order valence-electron chi connectivity index (χ1n) is 2.92. The third kappa shape index (κ3) is 1.84. The van der Waals surface area contributed by atoms with Crippen LogP contribution < -0.4 is 5.73 Å². The Kier molecular flexibility index (Phi) is 2.85. The van der Waals surface area contributed by atoms with Gasteiger partial charge in [0.1, 0.15) is 11.0 Å². The molecule has 0 atom stereocenters. The fourth-order valence-corrected chi connectivity index (χ4v) is 1.70. The van der Waals surface area contributed by atoms with Gasteiger partial charge in [-0.2, -0.15) is 0 Å². The van der Waals surface area contributed by atoms with Gasteiger partial charge in [-0.3, -0.25) is 0 Å². The van der Waals surface area contributed by atoms with Crippen molar-refractivity contribution < 1.29 is 8.78 Å². The van der Waals surface area contributed by atoms with Gasteiger partial charge >= 0.3 is 0 Å². The number of halogens is 4. The summed E-state index contributed by atoms with van der Waals surface area (Å²) in [5.74, 6) is 0.108. The minimum Gasteiger partial charge on any atom is -0.384 e. The minimum absolute atomic E-state index is 0.108. The molecule has 0 fully saturated rings. The summed E-state index contributed by atoms with van der Waals surface area (Å²) in [5, 5.41) is -0.267. The molecule has 1 aromatic heterocycles. The lowest BCUT2D eigenvalue weighted by atomic mass is 10.3. The van der Waals surface area contributed by atoms with Crippen molar-refractivity contribution in [3.63, 3.8) is 0 Å². The second-order valence-corrected chi connectivity index (χ2v) is 3.25. The van der Waals surface area contributed by atoms with Crippen LogP contribution in [0.15, 0.2) is 10.5 Å². The number of hydrogen-bond acceptors (Lipinski definition) is 2. The van der Waals surface area contributed by atoms with Gasteiger partial charge < -0.3 is 5.73 Å². The van der Waals surface area contributed by atoms with Crippen LogP contribution >= 0.6 is 27.5 Å². The van der Waals surface area contributed by atoms with Crippen LogP contribution in [-0.2, 0) is 0 Å². The normalized spacial score (nSPS) is 10.8. The van der Waals surface area contributed by atoms with E-state index in [0.29, 0.717) is 0 Å². The van der Waals surface area contributed by atoms with Crippen LogP contribution in [-0.4, -0.2) is 4.98 Å². The Morgan fingerprint density at radius 1 is 1.58 bits per heavy atom. The molecule has 0 bridgehead atoms. The Bertz CT molecular complexity index is 283. The van der Waals surface area contributed by atoms with Gasteiger partial charge in [-0.1, -0.05) is 27.5 Å². The Morgan fingerprint density at radius 3 is 2.58 bits per heavy atom. The van der Waals surface area contributed by atoms with Crippen molar-refractivity contribution >= 4 is 33.3 Å². The number of rotatable bonds is 1. The molecule has 0 spiro atoms. The van der Waals surface area contributed by atoms with E-state index in [9.17, 15) is 8.78 Å². The number of hydrogen-bond donors (Lipinski definition) is 1. The Balaban J connectivity index is 3.28. The van der Waals surface area contributed by atoms with Crippen LogP contribution in [0.4, 0.5) is 14.6 Å². The SMILES string of the molecule is Nc1cc(Br)c(C(F)F)c(Cl)n1. The number of anilines is 1. The summed E-state index contributed by atoms with van der Waals surface area (Å²) < 4.78 is 24.6. The van der Waals surface area contributed by atoms with E-state index in [4.69, 9.17) is 17.3 Å². The maximum atomic E-state index is 12.2. The monoisotopic (exact) mass is 256 g/mol. The van der Waals surface area contributed by atoms with E-state index < -0.39 is 6.43 Å². The molecule has 0 unspecified atom stereocenters. The van der Waals surface area contributed by atoms with Crippen molar-refractivity contribution in [3.05, 3.63) is 21.3 Å². The van der Waals surface area contributed by atoms with Gasteiger partial charge in [0.15, 0.2) is 0 Å². The molecule has 0 aliphatic rings. The molecule has 0 aromatic carbocycles. The maximum absolute atomic E-state index is 12.2. The lowest BCUT2D eigenvalue weighted by Gasteiger charge is -2.05. The molecular weight excluding hydrogens is 253 g/mol. The first-order chi connectivity index (χ1) is 5.52. The Hall–Kier alpha value is -0.420. The fraction of sp³-hybridized carbons (Fsp3) is 0.167. The molecule has 1 rings (SSSR count). The smallest absolute Gasteiger partial charge is 0.267 e. The zero-order valence-electron chi connectivity index (χ0n) is 5.69. The van der Waals surface area contributed by atoms with Crippen LogP contribution in [0, 0.1) is 0 Å². The molecule has 1 aromatic rings. The van der Waals surface area contributed by atoms with Gasteiger partial charge in [0.2, 0.25) is 0 Å². The molecule has 1 heterocycles. The van der Waals surface area contributed by atoms with E-state index in [-0.39, 0.29) is 21.0 Å². The number of nitrogens with two attached hydrogens (primary N) is 1. The highest BCUT2D eigenvalue weighted by Gasteiger charge is 2.17. The van der Waals surface area contributed by atoms with Crippen LogP contribution in [0.1, 0.15) is 12.0 Å².